The average molecular weight is 392 g/mol. The number of sulfone groups is 1. The summed E-state index contributed by atoms with van der Waals surface area (Å²) in [6.45, 7) is 0.422. The molecule has 0 spiro atoms. The van der Waals surface area contributed by atoms with Crippen LogP contribution >= 0.6 is 15.9 Å². The molecule has 0 N–H and O–H groups in total. The van der Waals surface area contributed by atoms with Gasteiger partial charge in [-0.05, 0) is 33.6 Å². The molecular formula is C16H14BrN3O2S. The molecule has 0 saturated carbocycles. The third-order valence-corrected chi connectivity index (χ3v) is 5.02. The van der Waals surface area contributed by atoms with Crippen LogP contribution in [0.4, 0.5) is 0 Å². The van der Waals surface area contributed by atoms with Crippen LogP contribution in [0, 0.1) is 0 Å². The molecule has 5 nitrogen and oxygen atoms in total. The second kappa shape index (κ2) is 6.25. The molecule has 0 fully saturated rings. The maximum atomic E-state index is 11.9. The Morgan fingerprint density at radius 3 is 2.74 bits per heavy atom. The number of pyridine rings is 1. The van der Waals surface area contributed by atoms with Crippen molar-refractivity contribution in [3.8, 4) is 11.4 Å². The number of imidazole rings is 1. The molecule has 0 unspecified atom stereocenters. The Balaban J connectivity index is 2.02. The standard InChI is InChI=1S/C16H14BrN3O2S/c1-23(21,22)15-5-3-2-4-12(15)11-20-7-6-19-16(20)13-8-14(17)10-18-9-13/h2-10H,11H2,1H3. The fourth-order valence-corrected chi connectivity index (χ4v) is 3.71. The highest BCUT2D eigenvalue weighted by atomic mass is 79.9. The number of nitrogens with zero attached hydrogens (tertiary/aromatic N) is 3. The van der Waals surface area contributed by atoms with E-state index in [9.17, 15) is 8.42 Å². The van der Waals surface area contributed by atoms with Gasteiger partial charge in [-0.3, -0.25) is 4.98 Å². The van der Waals surface area contributed by atoms with Crippen LogP contribution in [0.1, 0.15) is 5.56 Å². The zero-order valence-corrected chi connectivity index (χ0v) is 14.8. The maximum Gasteiger partial charge on any atom is 0.175 e. The van der Waals surface area contributed by atoms with Gasteiger partial charge in [-0.25, -0.2) is 13.4 Å². The summed E-state index contributed by atoms with van der Waals surface area (Å²) in [5.74, 6) is 0.738. The number of hydrogen-bond donors (Lipinski definition) is 0. The SMILES string of the molecule is CS(=O)(=O)c1ccccc1Cn1ccnc1-c1cncc(Br)c1. The van der Waals surface area contributed by atoms with E-state index < -0.39 is 9.84 Å². The van der Waals surface area contributed by atoms with Crippen molar-refractivity contribution in [3.05, 3.63) is 65.2 Å². The Bertz CT molecular complexity index is 951. The van der Waals surface area contributed by atoms with Crippen LogP contribution in [0.3, 0.4) is 0 Å². The molecule has 2 heterocycles. The number of benzene rings is 1. The van der Waals surface area contributed by atoms with Crippen LogP contribution in [0.15, 0.2) is 64.5 Å². The van der Waals surface area contributed by atoms with E-state index in [1.54, 1.807) is 30.7 Å². The molecule has 2 aromatic heterocycles. The molecule has 0 aliphatic carbocycles. The minimum Gasteiger partial charge on any atom is -0.326 e. The predicted octanol–water partition coefficient (Wildman–Crippen LogP) is 3.16. The molecule has 118 valence electrons. The number of aromatic nitrogens is 3. The summed E-state index contributed by atoms with van der Waals surface area (Å²) in [6, 6.07) is 8.93. The van der Waals surface area contributed by atoms with Gasteiger partial charge in [-0.2, -0.15) is 0 Å². The molecule has 23 heavy (non-hydrogen) atoms. The monoisotopic (exact) mass is 391 g/mol. The molecular weight excluding hydrogens is 378 g/mol. The summed E-state index contributed by atoms with van der Waals surface area (Å²) >= 11 is 3.40. The van der Waals surface area contributed by atoms with Gasteiger partial charge in [0.15, 0.2) is 9.84 Å². The fourth-order valence-electron chi connectivity index (χ4n) is 2.41. The van der Waals surface area contributed by atoms with E-state index in [4.69, 9.17) is 0 Å². The van der Waals surface area contributed by atoms with Gasteiger partial charge >= 0.3 is 0 Å². The van der Waals surface area contributed by atoms with Gasteiger partial charge in [0.1, 0.15) is 5.82 Å². The summed E-state index contributed by atoms with van der Waals surface area (Å²) in [6.07, 6.45) is 8.18. The molecule has 1 aromatic carbocycles. The van der Waals surface area contributed by atoms with Gasteiger partial charge in [0.05, 0.1) is 11.4 Å². The highest BCUT2D eigenvalue weighted by molar-refractivity contribution is 9.10. The zero-order valence-electron chi connectivity index (χ0n) is 12.3. The summed E-state index contributed by atoms with van der Waals surface area (Å²) in [7, 11) is -3.27. The number of hydrogen-bond acceptors (Lipinski definition) is 4. The summed E-state index contributed by atoms with van der Waals surface area (Å²) < 4.78 is 26.7. The van der Waals surface area contributed by atoms with Gasteiger partial charge < -0.3 is 4.57 Å². The molecule has 0 bridgehead atoms. The Morgan fingerprint density at radius 1 is 1.22 bits per heavy atom. The van der Waals surface area contributed by atoms with Gasteiger partial charge in [-0.15, -0.1) is 0 Å². The number of halogens is 1. The van der Waals surface area contributed by atoms with Crippen LogP contribution in [0.5, 0.6) is 0 Å². The minimum atomic E-state index is -3.27. The smallest absolute Gasteiger partial charge is 0.175 e. The first-order valence-electron chi connectivity index (χ1n) is 6.85. The van der Waals surface area contributed by atoms with Crippen molar-refractivity contribution in [2.75, 3.05) is 6.26 Å². The minimum absolute atomic E-state index is 0.340. The molecule has 0 saturated heterocycles. The van der Waals surface area contributed by atoms with Crippen LogP contribution < -0.4 is 0 Å². The lowest BCUT2D eigenvalue weighted by Gasteiger charge is -2.11. The molecule has 7 heteroatoms. The van der Waals surface area contributed by atoms with Gasteiger partial charge in [-0.1, -0.05) is 18.2 Å². The highest BCUT2D eigenvalue weighted by Gasteiger charge is 2.14. The van der Waals surface area contributed by atoms with Crippen molar-refractivity contribution < 1.29 is 8.42 Å². The predicted molar refractivity (Wildman–Crippen MR) is 91.8 cm³/mol. The largest absolute Gasteiger partial charge is 0.326 e. The first kappa shape index (κ1) is 15.9. The van der Waals surface area contributed by atoms with Crippen molar-refractivity contribution in [2.24, 2.45) is 0 Å². The lowest BCUT2D eigenvalue weighted by molar-refractivity contribution is 0.600. The zero-order chi connectivity index (χ0) is 16.4. The van der Waals surface area contributed by atoms with E-state index in [0.29, 0.717) is 11.4 Å². The van der Waals surface area contributed by atoms with E-state index in [1.165, 1.54) is 6.26 Å². The van der Waals surface area contributed by atoms with Crippen LogP contribution in [0.25, 0.3) is 11.4 Å². The Kier molecular flexibility index (Phi) is 4.32. The highest BCUT2D eigenvalue weighted by Crippen LogP contribution is 2.23. The molecule has 0 atom stereocenters. The summed E-state index contributed by atoms with van der Waals surface area (Å²) in [4.78, 5) is 8.86. The Morgan fingerprint density at radius 2 is 2.00 bits per heavy atom. The molecule has 0 aliphatic heterocycles. The van der Waals surface area contributed by atoms with Crippen molar-refractivity contribution in [1.82, 2.24) is 14.5 Å². The molecule has 3 aromatic rings. The van der Waals surface area contributed by atoms with E-state index >= 15 is 0 Å². The average Bonchev–Trinajstić information content (AvgIpc) is 2.95. The first-order valence-corrected chi connectivity index (χ1v) is 9.53. The molecule has 3 rings (SSSR count). The summed E-state index contributed by atoms with van der Waals surface area (Å²) in [5, 5.41) is 0. The number of rotatable bonds is 4. The van der Waals surface area contributed by atoms with Crippen molar-refractivity contribution in [1.29, 1.82) is 0 Å². The van der Waals surface area contributed by atoms with E-state index in [0.717, 1.165) is 21.4 Å². The maximum absolute atomic E-state index is 11.9. The lowest BCUT2D eigenvalue weighted by atomic mass is 10.2. The van der Waals surface area contributed by atoms with E-state index in [1.807, 2.05) is 29.0 Å². The Labute approximate surface area is 143 Å². The van der Waals surface area contributed by atoms with Crippen LogP contribution in [-0.2, 0) is 16.4 Å². The van der Waals surface area contributed by atoms with Crippen LogP contribution in [-0.4, -0.2) is 29.2 Å². The second-order valence-electron chi connectivity index (χ2n) is 5.15. The normalized spacial score (nSPS) is 11.6. The van der Waals surface area contributed by atoms with Crippen molar-refractivity contribution in [2.45, 2.75) is 11.4 Å². The lowest BCUT2D eigenvalue weighted by Crippen LogP contribution is -2.07. The first-order chi connectivity index (χ1) is 10.9. The van der Waals surface area contributed by atoms with Gasteiger partial charge in [0.25, 0.3) is 0 Å². The van der Waals surface area contributed by atoms with Gasteiger partial charge in [0, 0.05) is 41.1 Å². The molecule has 0 amide bonds. The topological polar surface area (TPSA) is 64.8 Å². The third kappa shape index (κ3) is 3.51. The fraction of sp³-hybridized carbons (Fsp3) is 0.125. The molecule has 0 radical (unpaired) electrons. The Hall–Kier alpha value is -1.99. The van der Waals surface area contributed by atoms with E-state index in [2.05, 4.69) is 25.9 Å². The third-order valence-electron chi connectivity index (χ3n) is 3.39. The second-order valence-corrected chi connectivity index (χ2v) is 8.05. The quantitative estimate of drug-likeness (QED) is 0.684. The van der Waals surface area contributed by atoms with Crippen LogP contribution in [0.2, 0.25) is 0 Å². The summed E-state index contributed by atoms with van der Waals surface area (Å²) in [5.41, 5.74) is 1.60. The molecule has 0 aliphatic rings. The van der Waals surface area contributed by atoms with Crippen molar-refractivity contribution in [3.63, 3.8) is 0 Å². The van der Waals surface area contributed by atoms with Crippen molar-refractivity contribution >= 4 is 25.8 Å². The van der Waals surface area contributed by atoms with Gasteiger partial charge in [0.2, 0.25) is 0 Å². The van der Waals surface area contributed by atoms with E-state index in [-0.39, 0.29) is 0 Å².